The quantitative estimate of drug-likeness (QED) is 0.391. The highest BCUT2D eigenvalue weighted by atomic mass is 79.9. The van der Waals surface area contributed by atoms with Crippen LogP contribution in [0.15, 0.2) is 28.7 Å². The maximum atomic E-state index is 12.0. The number of hydrogen-bond donors (Lipinski definition) is 4. The molecule has 7 nitrogen and oxygen atoms in total. The fraction of sp³-hybridized carbons (Fsp3) is 0.500. The molecule has 9 heteroatoms. The first-order valence-electron chi connectivity index (χ1n) is 8.43. The summed E-state index contributed by atoms with van der Waals surface area (Å²) in [6.45, 7) is 3.21. The lowest BCUT2D eigenvalue weighted by molar-refractivity contribution is -0.137. The van der Waals surface area contributed by atoms with E-state index >= 15 is 0 Å². The number of halogens is 1. The van der Waals surface area contributed by atoms with E-state index in [0.717, 1.165) is 16.2 Å². The minimum Gasteiger partial charge on any atom is -0.396 e. The van der Waals surface area contributed by atoms with Crippen LogP contribution < -0.4 is 10.6 Å². The Labute approximate surface area is 171 Å². The van der Waals surface area contributed by atoms with Crippen molar-refractivity contribution in [2.24, 2.45) is 5.41 Å². The number of rotatable bonds is 10. The van der Waals surface area contributed by atoms with Crippen molar-refractivity contribution < 1.29 is 24.6 Å². The lowest BCUT2D eigenvalue weighted by atomic mass is 9.87. The summed E-state index contributed by atoms with van der Waals surface area (Å²) in [7, 11) is 0. The molecular formula is C18H25BrN2O5S. The van der Waals surface area contributed by atoms with Gasteiger partial charge in [0.15, 0.2) is 0 Å². The van der Waals surface area contributed by atoms with E-state index in [1.807, 2.05) is 0 Å². The highest BCUT2D eigenvalue weighted by Crippen LogP contribution is 2.19. The van der Waals surface area contributed by atoms with Gasteiger partial charge in [0.1, 0.15) is 6.10 Å². The van der Waals surface area contributed by atoms with Crippen LogP contribution in [-0.4, -0.2) is 58.7 Å². The van der Waals surface area contributed by atoms with Crippen LogP contribution in [0, 0.1) is 5.41 Å². The number of hydrogen-bond acceptors (Lipinski definition) is 6. The first-order valence-corrected chi connectivity index (χ1v) is 10.2. The van der Waals surface area contributed by atoms with E-state index in [4.69, 9.17) is 5.11 Å². The van der Waals surface area contributed by atoms with Crippen LogP contribution in [0.2, 0.25) is 0 Å². The van der Waals surface area contributed by atoms with Crippen LogP contribution in [0.4, 0.5) is 0 Å². The van der Waals surface area contributed by atoms with Crippen molar-refractivity contribution in [3.05, 3.63) is 34.3 Å². The number of amides is 2. The summed E-state index contributed by atoms with van der Waals surface area (Å²) >= 11 is 4.43. The number of aliphatic hydroxyl groups is 2. The fourth-order valence-electron chi connectivity index (χ4n) is 1.93. The number of thioether (sulfide) groups is 1. The first kappa shape index (κ1) is 23.6. The summed E-state index contributed by atoms with van der Waals surface area (Å²) in [4.78, 5) is 35.5. The Morgan fingerprint density at radius 3 is 2.37 bits per heavy atom. The Hall–Kier alpha value is -1.42. The SMILES string of the molecule is CC(C)(CO)[C@@H](O)C(=O)NCCC(=O)NCCSC(=O)c1ccc(Br)cc1. The number of benzene rings is 1. The normalized spacial score (nSPS) is 12.3. The molecule has 1 atom stereocenters. The zero-order valence-electron chi connectivity index (χ0n) is 15.3. The standard InChI is InChI=1S/C18H25BrN2O5S/c1-18(2,11-22)15(24)16(25)21-8-7-14(23)20-9-10-27-17(26)12-3-5-13(19)6-4-12/h3-6,15,22,24H,7-11H2,1-2H3,(H,20,23)(H,21,25)/t15-/m0/s1. The highest BCUT2D eigenvalue weighted by molar-refractivity contribution is 9.10. The third kappa shape index (κ3) is 8.42. The van der Waals surface area contributed by atoms with Gasteiger partial charge in [-0.1, -0.05) is 41.5 Å². The average Bonchev–Trinajstić information content (AvgIpc) is 2.64. The second kappa shape index (κ2) is 11.4. The summed E-state index contributed by atoms with van der Waals surface area (Å²) in [5, 5.41) is 24.0. The Balaban J connectivity index is 2.20. The van der Waals surface area contributed by atoms with E-state index in [9.17, 15) is 19.5 Å². The second-order valence-electron chi connectivity index (χ2n) is 6.58. The van der Waals surface area contributed by atoms with E-state index in [-0.39, 0.29) is 30.6 Å². The Morgan fingerprint density at radius 1 is 1.15 bits per heavy atom. The molecule has 0 saturated heterocycles. The summed E-state index contributed by atoms with van der Waals surface area (Å²) in [5.41, 5.74) is -0.355. The van der Waals surface area contributed by atoms with Crippen molar-refractivity contribution >= 4 is 44.6 Å². The molecule has 0 heterocycles. The van der Waals surface area contributed by atoms with Crippen molar-refractivity contribution in [3.8, 4) is 0 Å². The maximum Gasteiger partial charge on any atom is 0.249 e. The number of nitrogens with one attached hydrogen (secondary N) is 2. The highest BCUT2D eigenvalue weighted by Gasteiger charge is 2.32. The number of carbonyl (C=O) groups is 3. The molecule has 4 N–H and O–H groups in total. The summed E-state index contributed by atoms with van der Waals surface area (Å²) in [6, 6.07) is 7.05. The summed E-state index contributed by atoms with van der Waals surface area (Å²) in [6.07, 6.45) is -1.30. The molecule has 0 aromatic heterocycles. The van der Waals surface area contributed by atoms with Gasteiger partial charge in [-0.15, -0.1) is 0 Å². The Kier molecular flexibility index (Phi) is 10.00. The summed E-state index contributed by atoms with van der Waals surface area (Å²) < 4.78 is 0.899. The van der Waals surface area contributed by atoms with Gasteiger partial charge in [0.2, 0.25) is 16.9 Å². The van der Waals surface area contributed by atoms with Gasteiger partial charge in [0, 0.05) is 40.7 Å². The van der Waals surface area contributed by atoms with Gasteiger partial charge < -0.3 is 20.8 Å². The van der Waals surface area contributed by atoms with Crippen molar-refractivity contribution in [2.45, 2.75) is 26.4 Å². The molecule has 1 rings (SSSR count). The fourth-order valence-corrected chi connectivity index (χ4v) is 2.89. The van der Waals surface area contributed by atoms with Gasteiger partial charge in [-0.2, -0.15) is 0 Å². The molecule has 150 valence electrons. The molecule has 0 spiro atoms. The molecule has 0 saturated carbocycles. The van der Waals surface area contributed by atoms with Gasteiger partial charge in [-0.25, -0.2) is 0 Å². The molecule has 0 radical (unpaired) electrons. The van der Waals surface area contributed by atoms with Crippen molar-refractivity contribution in [2.75, 3.05) is 25.4 Å². The van der Waals surface area contributed by atoms with E-state index in [1.54, 1.807) is 38.1 Å². The van der Waals surface area contributed by atoms with E-state index in [1.165, 1.54) is 0 Å². The zero-order chi connectivity index (χ0) is 20.4. The largest absolute Gasteiger partial charge is 0.396 e. The predicted molar refractivity (Wildman–Crippen MR) is 108 cm³/mol. The van der Waals surface area contributed by atoms with Crippen LogP contribution in [0.3, 0.4) is 0 Å². The van der Waals surface area contributed by atoms with Crippen molar-refractivity contribution in [1.29, 1.82) is 0 Å². The minimum absolute atomic E-state index is 0.0589. The van der Waals surface area contributed by atoms with Crippen molar-refractivity contribution in [1.82, 2.24) is 10.6 Å². The van der Waals surface area contributed by atoms with Gasteiger partial charge in [-0.05, 0) is 24.3 Å². The molecule has 2 amide bonds. The van der Waals surface area contributed by atoms with E-state index in [0.29, 0.717) is 17.9 Å². The van der Waals surface area contributed by atoms with Crippen LogP contribution in [0.5, 0.6) is 0 Å². The molecule has 0 bridgehead atoms. The first-order chi connectivity index (χ1) is 12.7. The molecule has 0 aliphatic heterocycles. The Bertz CT molecular complexity index is 652. The number of aliphatic hydroxyl groups excluding tert-OH is 2. The van der Waals surface area contributed by atoms with E-state index in [2.05, 4.69) is 26.6 Å². The number of carbonyl (C=O) groups excluding carboxylic acids is 3. The second-order valence-corrected chi connectivity index (χ2v) is 8.57. The molecular weight excluding hydrogens is 436 g/mol. The lowest BCUT2D eigenvalue weighted by Gasteiger charge is -2.27. The summed E-state index contributed by atoms with van der Waals surface area (Å²) in [5.74, 6) is -0.448. The monoisotopic (exact) mass is 460 g/mol. The van der Waals surface area contributed by atoms with E-state index < -0.39 is 17.4 Å². The van der Waals surface area contributed by atoms with Gasteiger partial charge in [0.25, 0.3) is 0 Å². The molecule has 0 fully saturated rings. The molecule has 27 heavy (non-hydrogen) atoms. The third-order valence-electron chi connectivity index (χ3n) is 3.78. The van der Waals surface area contributed by atoms with Crippen molar-refractivity contribution in [3.63, 3.8) is 0 Å². The smallest absolute Gasteiger partial charge is 0.249 e. The van der Waals surface area contributed by atoms with Gasteiger partial charge in [-0.3, -0.25) is 14.4 Å². The third-order valence-corrected chi connectivity index (χ3v) is 5.22. The minimum atomic E-state index is -1.36. The molecule has 1 aromatic carbocycles. The predicted octanol–water partition coefficient (Wildman–Crippen LogP) is 1.32. The molecule has 0 unspecified atom stereocenters. The molecule has 1 aromatic rings. The Morgan fingerprint density at radius 2 is 1.78 bits per heavy atom. The lowest BCUT2D eigenvalue weighted by Crippen LogP contribution is -2.46. The maximum absolute atomic E-state index is 12.0. The van der Waals surface area contributed by atoms with Gasteiger partial charge >= 0.3 is 0 Å². The average molecular weight is 461 g/mol. The zero-order valence-corrected chi connectivity index (χ0v) is 17.7. The van der Waals surface area contributed by atoms with Crippen LogP contribution >= 0.6 is 27.7 Å². The van der Waals surface area contributed by atoms with Crippen LogP contribution in [0.1, 0.15) is 30.6 Å². The van der Waals surface area contributed by atoms with Crippen LogP contribution in [-0.2, 0) is 9.59 Å². The van der Waals surface area contributed by atoms with Gasteiger partial charge in [0.05, 0.1) is 6.61 Å². The molecule has 0 aliphatic carbocycles. The molecule has 0 aliphatic rings. The van der Waals surface area contributed by atoms with Crippen LogP contribution in [0.25, 0.3) is 0 Å². The topological polar surface area (TPSA) is 116 Å².